The van der Waals surface area contributed by atoms with E-state index in [1.165, 1.54) is 0 Å². The maximum absolute atomic E-state index is 10.6. The Morgan fingerprint density at radius 2 is 2.42 bits per heavy atom. The van der Waals surface area contributed by atoms with E-state index < -0.39 is 5.97 Å². The highest BCUT2D eigenvalue weighted by Crippen LogP contribution is 2.27. The number of hydrogen-bond donors (Lipinski definition) is 2. The average Bonchev–Trinajstić information content (AvgIpc) is 2.49. The van der Waals surface area contributed by atoms with Gasteiger partial charge in [-0.15, -0.1) is 0 Å². The van der Waals surface area contributed by atoms with Gasteiger partial charge in [-0.1, -0.05) is 0 Å². The van der Waals surface area contributed by atoms with E-state index >= 15 is 0 Å². The molecule has 1 aliphatic heterocycles. The number of aromatic carboxylic acids is 1. The molecule has 0 fully saturated rings. The molecule has 62 valence electrons. The Bertz CT molecular complexity index is 338. The van der Waals surface area contributed by atoms with Crippen molar-refractivity contribution in [1.29, 1.82) is 0 Å². The summed E-state index contributed by atoms with van der Waals surface area (Å²) < 4.78 is 3.08. The van der Waals surface area contributed by atoms with Crippen molar-refractivity contribution in [1.82, 2.24) is 4.72 Å². The number of nitrogens with one attached hydrogen (secondary N) is 1. The van der Waals surface area contributed by atoms with Crippen LogP contribution in [0.15, 0.2) is 23.1 Å². The molecule has 4 heteroatoms. The third-order valence-corrected chi connectivity index (χ3v) is 2.66. The van der Waals surface area contributed by atoms with E-state index in [0.29, 0.717) is 5.56 Å². The number of benzene rings is 1. The molecule has 2 N–H and O–H groups in total. The second-order valence-electron chi connectivity index (χ2n) is 2.55. The highest BCUT2D eigenvalue weighted by Gasteiger charge is 2.12. The SMILES string of the molecule is O=C(O)c1ccc2c(c1)CNS2. The quantitative estimate of drug-likeness (QED) is 0.644. The third kappa shape index (κ3) is 1.19. The number of hydrogen-bond acceptors (Lipinski definition) is 3. The lowest BCUT2D eigenvalue weighted by atomic mass is 10.1. The van der Waals surface area contributed by atoms with Gasteiger partial charge in [0.25, 0.3) is 0 Å². The van der Waals surface area contributed by atoms with Gasteiger partial charge in [0.2, 0.25) is 0 Å². The Labute approximate surface area is 73.9 Å². The van der Waals surface area contributed by atoms with Crippen LogP contribution in [0.1, 0.15) is 15.9 Å². The third-order valence-electron chi connectivity index (χ3n) is 1.75. The molecule has 12 heavy (non-hydrogen) atoms. The van der Waals surface area contributed by atoms with Gasteiger partial charge in [0.15, 0.2) is 0 Å². The molecular weight excluding hydrogens is 174 g/mol. The summed E-state index contributed by atoms with van der Waals surface area (Å²) in [6.07, 6.45) is 0. The first-order valence-electron chi connectivity index (χ1n) is 3.53. The van der Waals surface area contributed by atoms with E-state index in [0.717, 1.165) is 17.0 Å². The lowest BCUT2D eigenvalue weighted by Crippen LogP contribution is -1.98. The van der Waals surface area contributed by atoms with Crippen LogP contribution < -0.4 is 4.72 Å². The van der Waals surface area contributed by atoms with Gasteiger partial charge in [0.1, 0.15) is 0 Å². The molecule has 1 aliphatic rings. The van der Waals surface area contributed by atoms with Crippen molar-refractivity contribution in [3.63, 3.8) is 0 Å². The van der Waals surface area contributed by atoms with Crippen LogP contribution in [0.5, 0.6) is 0 Å². The molecule has 0 bridgehead atoms. The van der Waals surface area contributed by atoms with Gasteiger partial charge in [-0.05, 0) is 35.7 Å². The fraction of sp³-hybridized carbons (Fsp3) is 0.125. The van der Waals surface area contributed by atoms with Crippen molar-refractivity contribution in [3.05, 3.63) is 29.3 Å². The van der Waals surface area contributed by atoms with Gasteiger partial charge in [0, 0.05) is 11.4 Å². The van der Waals surface area contributed by atoms with Gasteiger partial charge in [0.05, 0.1) is 5.56 Å². The van der Waals surface area contributed by atoms with Gasteiger partial charge < -0.3 is 5.11 Å². The number of carbonyl (C=O) groups is 1. The molecule has 0 aliphatic carbocycles. The Kier molecular flexibility index (Phi) is 1.78. The summed E-state index contributed by atoms with van der Waals surface area (Å²) in [5, 5.41) is 8.69. The Morgan fingerprint density at radius 1 is 1.58 bits per heavy atom. The average molecular weight is 181 g/mol. The molecule has 3 nitrogen and oxygen atoms in total. The summed E-state index contributed by atoms with van der Waals surface area (Å²) in [5.41, 5.74) is 1.43. The topological polar surface area (TPSA) is 49.3 Å². The predicted octanol–water partition coefficient (Wildman–Crippen LogP) is 1.50. The van der Waals surface area contributed by atoms with Crippen LogP contribution >= 0.6 is 11.9 Å². The summed E-state index contributed by atoms with van der Waals surface area (Å²) in [4.78, 5) is 11.7. The van der Waals surface area contributed by atoms with Crippen molar-refractivity contribution in [3.8, 4) is 0 Å². The highest BCUT2D eigenvalue weighted by molar-refractivity contribution is 7.97. The zero-order valence-electron chi connectivity index (χ0n) is 6.20. The second kappa shape index (κ2) is 2.80. The molecule has 0 amide bonds. The molecule has 0 radical (unpaired) electrons. The van der Waals surface area contributed by atoms with Crippen molar-refractivity contribution in [2.45, 2.75) is 11.4 Å². The highest BCUT2D eigenvalue weighted by atomic mass is 32.2. The van der Waals surface area contributed by atoms with Crippen LogP contribution in [0.3, 0.4) is 0 Å². The van der Waals surface area contributed by atoms with E-state index in [2.05, 4.69) is 4.72 Å². The zero-order valence-corrected chi connectivity index (χ0v) is 7.02. The van der Waals surface area contributed by atoms with E-state index in [1.54, 1.807) is 24.1 Å². The summed E-state index contributed by atoms with van der Waals surface area (Å²) in [6.45, 7) is 0.751. The van der Waals surface area contributed by atoms with Crippen LogP contribution in [0.4, 0.5) is 0 Å². The van der Waals surface area contributed by atoms with Crippen molar-refractivity contribution in [2.24, 2.45) is 0 Å². The lowest BCUT2D eigenvalue weighted by molar-refractivity contribution is 0.0696. The summed E-state index contributed by atoms with van der Waals surface area (Å²) in [5.74, 6) is -0.866. The molecule has 0 spiro atoms. The fourth-order valence-electron chi connectivity index (χ4n) is 1.14. The van der Waals surface area contributed by atoms with Crippen molar-refractivity contribution < 1.29 is 9.90 Å². The molecule has 1 heterocycles. The minimum atomic E-state index is -0.866. The van der Waals surface area contributed by atoms with Crippen LogP contribution in [0.2, 0.25) is 0 Å². The number of carboxylic acid groups (broad SMARTS) is 1. The second-order valence-corrected chi connectivity index (χ2v) is 3.48. The zero-order chi connectivity index (χ0) is 8.55. The number of fused-ring (bicyclic) bond motifs is 1. The Hall–Kier alpha value is -1.00. The molecule has 1 aromatic rings. The van der Waals surface area contributed by atoms with Crippen LogP contribution in [0, 0.1) is 0 Å². The maximum atomic E-state index is 10.6. The van der Waals surface area contributed by atoms with E-state index in [4.69, 9.17) is 5.11 Å². The van der Waals surface area contributed by atoms with Crippen LogP contribution in [-0.2, 0) is 6.54 Å². The maximum Gasteiger partial charge on any atom is 0.335 e. The minimum Gasteiger partial charge on any atom is -0.478 e. The van der Waals surface area contributed by atoms with Gasteiger partial charge >= 0.3 is 5.97 Å². The van der Waals surface area contributed by atoms with Gasteiger partial charge in [-0.25, -0.2) is 4.79 Å². The minimum absolute atomic E-state index is 0.359. The van der Waals surface area contributed by atoms with Crippen LogP contribution in [0.25, 0.3) is 0 Å². The van der Waals surface area contributed by atoms with E-state index in [9.17, 15) is 4.79 Å². The largest absolute Gasteiger partial charge is 0.478 e. The molecule has 0 saturated carbocycles. The van der Waals surface area contributed by atoms with Crippen LogP contribution in [-0.4, -0.2) is 11.1 Å². The molecule has 0 unspecified atom stereocenters. The standard InChI is InChI=1S/C8H7NO2S/c10-8(11)5-1-2-7-6(3-5)4-9-12-7/h1-3,9H,4H2,(H,10,11). The summed E-state index contributed by atoms with van der Waals surface area (Å²) in [6, 6.07) is 5.18. The van der Waals surface area contributed by atoms with Gasteiger partial charge in [-0.2, -0.15) is 0 Å². The molecule has 0 saturated heterocycles. The molecule has 1 aromatic carbocycles. The first kappa shape index (κ1) is 7.64. The molecule has 2 rings (SSSR count). The first-order valence-corrected chi connectivity index (χ1v) is 4.35. The predicted molar refractivity (Wildman–Crippen MR) is 46.1 cm³/mol. The van der Waals surface area contributed by atoms with Gasteiger partial charge in [-0.3, -0.25) is 4.72 Å². The van der Waals surface area contributed by atoms with E-state index in [-0.39, 0.29) is 0 Å². The molecular formula is C8H7NO2S. The number of rotatable bonds is 1. The lowest BCUT2D eigenvalue weighted by Gasteiger charge is -1.97. The van der Waals surface area contributed by atoms with E-state index in [1.807, 2.05) is 6.07 Å². The first-order chi connectivity index (χ1) is 5.77. The summed E-state index contributed by atoms with van der Waals surface area (Å²) >= 11 is 1.55. The smallest absolute Gasteiger partial charge is 0.335 e. The molecule has 0 aromatic heterocycles. The normalized spacial score (nSPS) is 14.3. The fourth-order valence-corrected chi connectivity index (χ4v) is 1.92. The van der Waals surface area contributed by atoms with Crippen molar-refractivity contribution >= 4 is 17.9 Å². The number of carboxylic acids is 1. The van der Waals surface area contributed by atoms with Crippen molar-refractivity contribution in [2.75, 3.05) is 0 Å². The Balaban J connectivity index is 2.45. The summed E-state index contributed by atoms with van der Waals surface area (Å²) in [7, 11) is 0. The monoisotopic (exact) mass is 181 g/mol. The Morgan fingerprint density at radius 3 is 3.17 bits per heavy atom. The molecule has 0 atom stereocenters.